The molecule has 1 atom stereocenters. The second-order valence-electron chi connectivity index (χ2n) is 7.53. The third-order valence-electron chi connectivity index (χ3n) is 5.58. The molecule has 2 aliphatic heterocycles. The van der Waals surface area contributed by atoms with E-state index in [4.69, 9.17) is 4.74 Å². The summed E-state index contributed by atoms with van der Waals surface area (Å²) in [5.74, 6) is 0.774. The number of urea groups is 1. The highest BCUT2D eigenvalue weighted by molar-refractivity contribution is 7.89. The minimum absolute atomic E-state index is 0.0294. The summed E-state index contributed by atoms with van der Waals surface area (Å²) in [7, 11) is -1.94. The molecule has 2 saturated heterocycles. The number of fused-ring (bicyclic) bond motifs is 1. The van der Waals surface area contributed by atoms with E-state index >= 15 is 0 Å². The second-order valence-corrected chi connectivity index (χ2v) is 9.47. The number of methoxy groups -OCH3 is 1. The van der Waals surface area contributed by atoms with Gasteiger partial charge in [-0.25, -0.2) is 13.2 Å². The molecule has 2 heterocycles. The summed E-state index contributed by atoms with van der Waals surface area (Å²) in [4.78, 5) is 16.7. The highest BCUT2D eigenvalue weighted by atomic mass is 32.2. The number of rotatable bonds is 5. The fourth-order valence-corrected chi connectivity index (χ4v) is 5.38. The van der Waals surface area contributed by atoms with Crippen molar-refractivity contribution in [2.75, 3.05) is 33.3 Å². The molecule has 2 aromatic carbocycles. The number of ether oxygens (including phenoxy) is 1. The first-order valence-electron chi connectivity index (χ1n) is 9.64. The van der Waals surface area contributed by atoms with Crippen molar-refractivity contribution in [1.29, 1.82) is 0 Å². The molecule has 0 N–H and O–H groups in total. The Kier molecular flexibility index (Phi) is 5.23. The van der Waals surface area contributed by atoms with Gasteiger partial charge in [0.1, 0.15) is 5.75 Å². The van der Waals surface area contributed by atoms with Crippen molar-refractivity contribution in [3.05, 3.63) is 59.7 Å². The van der Waals surface area contributed by atoms with Crippen molar-refractivity contribution in [3.8, 4) is 5.75 Å². The normalized spacial score (nSPS) is 20.1. The number of hydrogen-bond donors (Lipinski definition) is 0. The quantitative estimate of drug-likeness (QED) is 0.752. The monoisotopic (exact) mass is 415 g/mol. The van der Waals surface area contributed by atoms with Gasteiger partial charge in [-0.3, -0.25) is 0 Å². The van der Waals surface area contributed by atoms with Gasteiger partial charge in [-0.15, -0.1) is 0 Å². The molecule has 0 saturated carbocycles. The van der Waals surface area contributed by atoms with E-state index in [0.29, 0.717) is 37.6 Å². The summed E-state index contributed by atoms with van der Waals surface area (Å²) < 4.78 is 32.7. The second kappa shape index (κ2) is 7.68. The molecule has 0 spiro atoms. The maximum absolute atomic E-state index is 13.0. The Hall–Kier alpha value is -2.58. The molecular formula is C21H25N3O4S. The maximum atomic E-state index is 13.0. The Morgan fingerprint density at radius 1 is 1.00 bits per heavy atom. The number of piperazine rings is 1. The number of amides is 2. The number of benzene rings is 2. The largest absolute Gasteiger partial charge is 0.497 e. The number of carbonyl (C=O) groups excluding carboxylic acids is 1. The van der Waals surface area contributed by atoms with E-state index in [0.717, 1.165) is 16.9 Å². The van der Waals surface area contributed by atoms with Crippen LogP contribution in [-0.2, 0) is 16.6 Å². The van der Waals surface area contributed by atoms with Crippen LogP contribution in [-0.4, -0.2) is 67.9 Å². The van der Waals surface area contributed by atoms with Crippen LogP contribution in [0.2, 0.25) is 0 Å². The van der Waals surface area contributed by atoms with E-state index in [-0.39, 0.29) is 12.1 Å². The first-order valence-corrected chi connectivity index (χ1v) is 11.1. The van der Waals surface area contributed by atoms with Crippen molar-refractivity contribution in [1.82, 2.24) is 14.1 Å². The molecule has 7 nitrogen and oxygen atoms in total. The van der Waals surface area contributed by atoms with Crippen LogP contribution in [0.15, 0.2) is 53.4 Å². The van der Waals surface area contributed by atoms with Gasteiger partial charge in [0.2, 0.25) is 10.0 Å². The molecule has 2 aliphatic rings. The van der Waals surface area contributed by atoms with E-state index < -0.39 is 10.0 Å². The minimum Gasteiger partial charge on any atom is -0.497 e. The molecule has 0 radical (unpaired) electrons. The molecule has 2 amide bonds. The SMILES string of the molecule is COc1ccc(CN2C[C@H]3CN(S(=O)(=O)c4ccc(C)cc4)CCN3C2=O)cc1. The van der Waals surface area contributed by atoms with Gasteiger partial charge in [0.15, 0.2) is 0 Å². The summed E-state index contributed by atoms with van der Waals surface area (Å²) in [5, 5.41) is 0. The molecular weight excluding hydrogens is 390 g/mol. The summed E-state index contributed by atoms with van der Waals surface area (Å²) in [6.45, 7) is 3.99. The first-order chi connectivity index (χ1) is 13.9. The third kappa shape index (κ3) is 3.82. The van der Waals surface area contributed by atoms with Crippen LogP contribution >= 0.6 is 0 Å². The van der Waals surface area contributed by atoms with Gasteiger partial charge in [-0.05, 0) is 36.8 Å². The Morgan fingerprint density at radius 2 is 1.69 bits per heavy atom. The highest BCUT2D eigenvalue weighted by Gasteiger charge is 2.43. The first kappa shape index (κ1) is 19.7. The van der Waals surface area contributed by atoms with Gasteiger partial charge < -0.3 is 14.5 Å². The van der Waals surface area contributed by atoms with Gasteiger partial charge in [0.05, 0.1) is 18.0 Å². The molecule has 8 heteroatoms. The van der Waals surface area contributed by atoms with E-state index in [9.17, 15) is 13.2 Å². The van der Waals surface area contributed by atoms with Gasteiger partial charge in [-0.2, -0.15) is 4.31 Å². The predicted octanol–water partition coefficient (Wildman–Crippen LogP) is 2.31. The fourth-order valence-electron chi connectivity index (χ4n) is 3.91. The van der Waals surface area contributed by atoms with Crippen LogP contribution in [0.4, 0.5) is 4.79 Å². The van der Waals surface area contributed by atoms with Crippen LogP contribution in [0.1, 0.15) is 11.1 Å². The number of nitrogens with zero attached hydrogens (tertiary/aromatic N) is 3. The molecule has 154 valence electrons. The van der Waals surface area contributed by atoms with Crippen molar-refractivity contribution in [2.45, 2.75) is 24.4 Å². The lowest BCUT2D eigenvalue weighted by molar-refractivity contribution is 0.159. The molecule has 0 aromatic heterocycles. The van der Waals surface area contributed by atoms with E-state index in [1.165, 1.54) is 4.31 Å². The highest BCUT2D eigenvalue weighted by Crippen LogP contribution is 2.26. The van der Waals surface area contributed by atoms with Crippen molar-refractivity contribution in [2.24, 2.45) is 0 Å². The molecule has 2 aromatic rings. The van der Waals surface area contributed by atoms with E-state index in [2.05, 4.69) is 0 Å². The topological polar surface area (TPSA) is 70.2 Å². The summed E-state index contributed by atoms with van der Waals surface area (Å²) in [5.41, 5.74) is 2.03. The van der Waals surface area contributed by atoms with Crippen LogP contribution in [0.5, 0.6) is 5.75 Å². The van der Waals surface area contributed by atoms with Gasteiger partial charge in [-0.1, -0.05) is 29.8 Å². The Balaban J connectivity index is 1.45. The minimum atomic E-state index is -3.56. The van der Waals surface area contributed by atoms with Gasteiger partial charge >= 0.3 is 6.03 Å². The number of carbonyl (C=O) groups is 1. The van der Waals surface area contributed by atoms with E-state index in [1.54, 1.807) is 41.2 Å². The smallest absolute Gasteiger partial charge is 0.320 e. The zero-order valence-electron chi connectivity index (χ0n) is 16.6. The molecule has 4 rings (SSSR count). The van der Waals surface area contributed by atoms with E-state index in [1.807, 2.05) is 31.2 Å². The zero-order valence-corrected chi connectivity index (χ0v) is 17.4. The Labute approximate surface area is 171 Å². The van der Waals surface area contributed by atoms with Crippen LogP contribution in [0.25, 0.3) is 0 Å². The zero-order chi connectivity index (χ0) is 20.6. The summed E-state index contributed by atoms with van der Waals surface area (Å²) in [6, 6.07) is 14.4. The Morgan fingerprint density at radius 3 is 2.34 bits per heavy atom. The molecule has 29 heavy (non-hydrogen) atoms. The number of hydrogen-bond acceptors (Lipinski definition) is 4. The lowest BCUT2D eigenvalue weighted by atomic mass is 10.2. The predicted molar refractivity (Wildman–Crippen MR) is 109 cm³/mol. The average Bonchev–Trinajstić information content (AvgIpc) is 3.04. The molecule has 0 unspecified atom stereocenters. The van der Waals surface area contributed by atoms with Crippen molar-refractivity contribution < 1.29 is 17.9 Å². The standard InChI is InChI=1S/C21H25N3O4S/c1-16-3-9-20(10-4-16)29(26,27)23-11-12-24-18(15-23)14-22(21(24)25)13-17-5-7-19(28-2)8-6-17/h3-10,18H,11-15H2,1-2H3/t18-/m0/s1. The van der Waals surface area contributed by atoms with Gasteiger partial charge in [0, 0.05) is 32.7 Å². The maximum Gasteiger partial charge on any atom is 0.320 e. The Bertz CT molecular complexity index is 990. The van der Waals surface area contributed by atoms with Gasteiger partial charge in [0.25, 0.3) is 0 Å². The lowest BCUT2D eigenvalue weighted by Crippen LogP contribution is -2.53. The summed E-state index contributed by atoms with van der Waals surface area (Å²) >= 11 is 0. The fraction of sp³-hybridized carbons (Fsp3) is 0.381. The van der Waals surface area contributed by atoms with Crippen LogP contribution in [0, 0.1) is 6.92 Å². The van der Waals surface area contributed by atoms with Crippen LogP contribution in [0.3, 0.4) is 0 Å². The molecule has 2 fully saturated rings. The van der Waals surface area contributed by atoms with Crippen molar-refractivity contribution >= 4 is 16.1 Å². The average molecular weight is 416 g/mol. The van der Waals surface area contributed by atoms with Crippen LogP contribution < -0.4 is 4.74 Å². The molecule has 0 bridgehead atoms. The number of sulfonamides is 1. The summed E-state index contributed by atoms with van der Waals surface area (Å²) in [6.07, 6.45) is 0. The van der Waals surface area contributed by atoms with Crippen molar-refractivity contribution in [3.63, 3.8) is 0 Å². The number of aryl methyl sites for hydroxylation is 1. The lowest BCUT2D eigenvalue weighted by Gasteiger charge is -2.35. The molecule has 0 aliphatic carbocycles. The third-order valence-corrected chi connectivity index (χ3v) is 7.46.